The average Bonchev–Trinajstić information content (AvgIpc) is 2.05. The van der Waals surface area contributed by atoms with Crippen molar-refractivity contribution < 1.29 is 4.39 Å². The van der Waals surface area contributed by atoms with Gasteiger partial charge >= 0.3 is 0 Å². The average molecular weight is 163 g/mol. The molecule has 2 N–H and O–H groups in total. The van der Waals surface area contributed by atoms with E-state index in [1.54, 1.807) is 6.07 Å². The highest BCUT2D eigenvalue weighted by molar-refractivity contribution is 5.97. The summed E-state index contributed by atoms with van der Waals surface area (Å²) in [5, 5.41) is 8.16. The van der Waals surface area contributed by atoms with Gasteiger partial charge in [0.2, 0.25) is 6.19 Å². The van der Waals surface area contributed by atoms with Gasteiger partial charge in [-0.15, -0.1) is 0 Å². The third-order valence-electron chi connectivity index (χ3n) is 1.29. The summed E-state index contributed by atoms with van der Waals surface area (Å²) >= 11 is 0. The van der Waals surface area contributed by atoms with Crippen LogP contribution in [0.25, 0.3) is 0 Å². The van der Waals surface area contributed by atoms with Crippen LogP contribution in [0.1, 0.15) is 5.56 Å². The molecule has 0 saturated heterocycles. The van der Waals surface area contributed by atoms with Crippen LogP contribution in [0, 0.1) is 17.3 Å². The first-order valence-electron chi connectivity index (χ1n) is 3.22. The maximum absolute atomic E-state index is 12.6. The van der Waals surface area contributed by atoms with Gasteiger partial charge in [-0.25, -0.2) is 4.39 Å². The molecule has 0 radical (unpaired) electrons. The van der Waals surface area contributed by atoms with E-state index in [9.17, 15) is 4.39 Å². The van der Waals surface area contributed by atoms with Crippen molar-refractivity contribution >= 4 is 5.84 Å². The predicted molar refractivity (Wildman–Crippen MR) is 42.7 cm³/mol. The van der Waals surface area contributed by atoms with Crippen molar-refractivity contribution in [3.63, 3.8) is 0 Å². The first-order valence-corrected chi connectivity index (χ1v) is 3.22. The fraction of sp³-hybridized carbons (Fsp3) is 0. The number of nitrogens with zero attached hydrogens (tertiary/aromatic N) is 2. The molecule has 0 aliphatic carbocycles. The number of hydrogen-bond donors (Lipinski definition) is 1. The summed E-state index contributed by atoms with van der Waals surface area (Å²) in [5.41, 5.74) is 5.75. The van der Waals surface area contributed by atoms with Crippen LogP contribution in [0.4, 0.5) is 4.39 Å². The zero-order valence-corrected chi connectivity index (χ0v) is 6.16. The van der Waals surface area contributed by atoms with Crippen LogP contribution in [-0.4, -0.2) is 5.84 Å². The van der Waals surface area contributed by atoms with Crippen molar-refractivity contribution in [3.8, 4) is 6.19 Å². The topological polar surface area (TPSA) is 62.2 Å². The second kappa shape index (κ2) is 3.49. The van der Waals surface area contributed by atoms with Gasteiger partial charge in [0.15, 0.2) is 0 Å². The number of aliphatic imine (C=N–C) groups is 1. The van der Waals surface area contributed by atoms with Crippen molar-refractivity contribution in [1.82, 2.24) is 0 Å². The minimum Gasteiger partial charge on any atom is -0.383 e. The molecule has 0 aliphatic heterocycles. The highest BCUT2D eigenvalue weighted by Gasteiger charge is 1.98. The summed E-state index contributed by atoms with van der Waals surface area (Å²) in [5.74, 6) is -0.374. The number of nitriles is 1. The van der Waals surface area contributed by atoms with Crippen molar-refractivity contribution in [2.45, 2.75) is 0 Å². The lowest BCUT2D eigenvalue weighted by Crippen LogP contribution is -2.12. The highest BCUT2D eigenvalue weighted by atomic mass is 19.1. The lowest BCUT2D eigenvalue weighted by atomic mass is 10.2. The maximum atomic E-state index is 12.6. The van der Waals surface area contributed by atoms with E-state index in [-0.39, 0.29) is 5.84 Å². The second-order valence-corrected chi connectivity index (χ2v) is 2.11. The van der Waals surface area contributed by atoms with Crippen LogP contribution in [0.15, 0.2) is 29.3 Å². The van der Waals surface area contributed by atoms with Crippen LogP contribution >= 0.6 is 0 Å². The standard InChI is InChI=1S/C8H6FN3/c9-7-3-1-2-6(4-7)8(11)12-5-10/h1-4H,(H2,11,12). The molecule has 0 aliphatic rings. The third kappa shape index (κ3) is 1.80. The van der Waals surface area contributed by atoms with E-state index in [1.165, 1.54) is 24.4 Å². The number of nitrogens with two attached hydrogens (primary N) is 1. The van der Waals surface area contributed by atoms with Gasteiger partial charge in [0.05, 0.1) is 0 Å². The third-order valence-corrected chi connectivity index (χ3v) is 1.29. The molecule has 60 valence electrons. The Balaban J connectivity index is 3.05. The van der Waals surface area contributed by atoms with E-state index in [1.807, 2.05) is 0 Å². The van der Waals surface area contributed by atoms with Crippen molar-refractivity contribution in [1.29, 1.82) is 5.26 Å². The number of halogens is 1. The van der Waals surface area contributed by atoms with E-state index in [0.717, 1.165) is 0 Å². The lowest BCUT2D eigenvalue weighted by molar-refractivity contribution is 0.627. The van der Waals surface area contributed by atoms with Gasteiger partial charge in [-0.05, 0) is 12.1 Å². The summed E-state index contributed by atoms with van der Waals surface area (Å²) in [6, 6.07) is 5.60. The molecule has 0 saturated carbocycles. The Hall–Kier alpha value is -1.89. The molecule has 1 aromatic rings. The Kier molecular flexibility index (Phi) is 2.38. The summed E-state index contributed by atoms with van der Waals surface area (Å²) in [6.45, 7) is 0. The molecule has 4 heteroatoms. The van der Waals surface area contributed by atoms with Crippen LogP contribution in [-0.2, 0) is 0 Å². The SMILES string of the molecule is N#CN=C(N)c1cccc(F)c1. The zero-order valence-electron chi connectivity index (χ0n) is 6.16. The molecule has 0 aromatic heterocycles. The van der Waals surface area contributed by atoms with Gasteiger partial charge in [0.1, 0.15) is 11.7 Å². The quantitative estimate of drug-likeness (QED) is 0.381. The lowest BCUT2D eigenvalue weighted by Gasteiger charge is -1.96. The molecule has 1 rings (SSSR count). The summed E-state index contributed by atoms with van der Waals surface area (Å²) in [7, 11) is 0. The number of hydrogen-bond acceptors (Lipinski definition) is 2. The van der Waals surface area contributed by atoms with Crippen molar-refractivity contribution in [2.24, 2.45) is 10.7 Å². The van der Waals surface area contributed by atoms with Crippen LogP contribution in [0.2, 0.25) is 0 Å². The van der Waals surface area contributed by atoms with Crippen LogP contribution in [0.3, 0.4) is 0 Å². The Bertz CT molecular complexity index is 352. The second-order valence-electron chi connectivity index (χ2n) is 2.11. The largest absolute Gasteiger partial charge is 0.383 e. The molecular formula is C8H6FN3. The van der Waals surface area contributed by atoms with Crippen molar-refractivity contribution in [2.75, 3.05) is 0 Å². The van der Waals surface area contributed by atoms with E-state index < -0.39 is 5.82 Å². The molecule has 1 aromatic carbocycles. The molecule has 0 amide bonds. The van der Waals surface area contributed by atoms with E-state index >= 15 is 0 Å². The fourth-order valence-corrected chi connectivity index (χ4v) is 0.766. The Morgan fingerprint density at radius 2 is 2.33 bits per heavy atom. The minimum absolute atomic E-state index is 0.0250. The Morgan fingerprint density at radius 3 is 2.92 bits per heavy atom. The van der Waals surface area contributed by atoms with Crippen molar-refractivity contribution in [3.05, 3.63) is 35.6 Å². The molecular weight excluding hydrogens is 157 g/mol. The molecule has 12 heavy (non-hydrogen) atoms. The number of amidine groups is 1. The van der Waals surface area contributed by atoms with Gasteiger partial charge in [-0.2, -0.15) is 10.3 Å². The molecule has 0 fully saturated rings. The monoisotopic (exact) mass is 163 g/mol. The van der Waals surface area contributed by atoms with E-state index in [4.69, 9.17) is 11.0 Å². The van der Waals surface area contributed by atoms with E-state index in [2.05, 4.69) is 4.99 Å². The Morgan fingerprint density at radius 1 is 1.58 bits per heavy atom. The Labute approximate surface area is 69.0 Å². The van der Waals surface area contributed by atoms with Gasteiger partial charge in [0.25, 0.3) is 0 Å². The van der Waals surface area contributed by atoms with Crippen LogP contribution < -0.4 is 5.73 Å². The molecule has 0 spiro atoms. The summed E-state index contributed by atoms with van der Waals surface area (Å²) in [6.07, 6.45) is 1.53. The molecule has 0 atom stereocenters. The number of benzene rings is 1. The molecule has 3 nitrogen and oxygen atoms in total. The van der Waals surface area contributed by atoms with E-state index in [0.29, 0.717) is 5.56 Å². The molecule has 0 unspecified atom stereocenters. The van der Waals surface area contributed by atoms with Gasteiger partial charge < -0.3 is 5.73 Å². The fourth-order valence-electron chi connectivity index (χ4n) is 0.766. The first-order chi connectivity index (χ1) is 5.74. The molecule has 0 bridgehead atoms. The number of rotatable bonds is 1. The van der Waals surface area contributed by atoms with Gasteiger partial charge in [-0.1, -0.05) is 12.1 Å². The van der Waals surface area contributed by atoms with Gasteiger partial charge in [-0.3, -0.25) is 0 Å². The normalized spacial score (nSPS) is 10.8. The molecule has 0 heterocycles. The van der Waals surface area contributed by atoms with Gasteiger partial charge in [0, 0.05) is 5.56 Å². The van der Waals surface area contributed by atoms with Crippen LogP contribution in [0.5, 0.6) is 0 Å². The summed E-state index contributed by atoms with van der Waals surface area (Å²) < 4.78 is 12.6. The highest BCUT2D eigenvalue weighted by Crippen LogP contribution is 2.02. The minimum atomic E-state index is -0.399. The zero-order chi connectivity index (χ0) is 8.97. The smallest absolute Gasteiger partial charge is 0.207 e. The predicted octanol–water partition coefficient (Wildman–Crippen LogP) is 1.01. The summed E-state index contributed by atoms with van der Waals surface area (Å²) in [4.78, 5) is 3.27. The maximum Gasteiger partial charge on any atom is 0.207 e. The first kappa shape index (κ1) is 8.21.